The molecule has 3 rings (SSSR count). The van der Waals surface area contributed by atoms with Gasteiger partial charge in [0.1, 0.15) is 0 Å². The van der Waals surface area contributed by atoms with Gasteiger partial charge < -0.3 is 10.0 Å². The van der Waals surface area contributed by atoms with Crippen LogP contribution in [0.1, 0.15) is 25.7 Å². The van der Waals surface area contributed by atoms with Crippen molar-refractivity contribution in [3.63, 3.8) is 0 Å². The van der Waals surface area contributed by atoms with Gasteiger partial charge in [0.05, 0.1) is 0 Å². The van der Waals surface area contributed by atoms with Crippen LogP contribution in [-0.2, 0) is 4.79 Å². The first-order chi connectivity index (χ1) is 9.13. The highest BCUT2D eigenvalue weighted by Crippen LogP contribution is 2.41. The Labute approximate surface area is 121 Å². The minimum atomic E-state index is -0.815. The maximum Gasteiger partial charge on any atom is 0.328 e. The van der Waals surface area contributed by atoms with E-state index >= 15 is 0 Å². The molecule has 1 aromatic carbocycles. The first-order valence-electron chi connectivity index (χ1n) is 6.60. The summed E-state index contributed by atoms with van der Waals surface area (Å²) >= 11 is 3.52. The van der Waals surface area contributed by atoms with Gasteiger partial charge in [-0.15, -0.1) is 0 Å². The van der Waals surface area contributed by atoms with Crippen LogP contribution in [0.4, 0.5) is 5.69 Å². The number of fused-ring (bicyclic) bond motifs is 2. The number of carboxylic acids is 1. The van der Waals surface area contributed by atoms with E-state index in [-0.39, 0.29) is 0 Å². The topological polar surface area (TPSA) is 40.5 Å². The fourth-order valence-corrected chi connectivity index (χ4v) is 3.79. The Bertz CT molecular complexity index is 525. The van der Waals surface area contributed by atoms with Gasteiger partial charge in [-0.25, -0.2) is 4.79 Å². The lowest BCUT2D eigenvalue weighted by molar-refractivity contribution is -0.131. The minimum absolute atomic E-state index is 0.457. The predicted octanol–water partition coefficient (Wildman–Crippen LogP) is 3.59. The highest BCUT2D eigenvalue weighted by atomic mass is 79.9. The van der Waals surface area contributed by atoms with Crippen LogP contribution < -0.4 is 4.90 Å². The van der Waals surface area contributed by atoms with Gasteiger partial charge in [0.2, 0.25) is 0 Å². The SMILES string of the molecule is O=C(O)C=C1CC2CCC(C1)N2c1cccc(Br)c1. The molecule has 4 heteroatoms. The summed E-state index contributed by atoms with van der Waals surface area (Å²) in [7, 11) is 0. The number of piperidine rings is 1. The molecule has 0 radical (unpaired) electrons. The summed E-state index contributed by atoms with van der Waals surface area (Å²) in [6, 6.07) is 9.29. The van der Waals surface area contributed by atoms with Crippen LogP contribution >= 0.6 is 15.9 Å². The summed E-state index contributed by atoms with van der Waals surface area (Å²) in [5, 5.41) is 8.88. The van der Waals surface area contributed by atoms with Crippen LogP contribution in [0, 0.1) is 0 Å². The fourth-order valence-electron chi connectivity index (χ4n) is 3.40. The molecule has 0 amide bonds. The van der Waals surface area contributed by atoms with Crippen molar-refractivity contribution >= 4 is 27.6 Å². The molecular formula is C15H16BrNO2. The lowest BCUT2D eigenvalue weighted by Crippen LogP contribution is -2.40. The number of rotatable bonds is 2. The van der Waals surface area contributed by atoms with Gasteiger partial charge in [-0.2, -0.15) is 0 Å². The van der Waals surface area contributed by atoms with E-state index in [4.69, 9.17) is 5.11 Å². The molecular weight excluding hydrogens is 306 g/mol. The second kappa shape index (κ2) is 5.00. The van der Waals surface area contributed by atoms with E-state index in [1.807, 2.05) is 6.07 Å². The maximum atomic E-state index is 10.8. The summed E-state index contributed by atoms with van der Waals surface area (Å²) in [6.45, 7) is 0. The summed E-state index contributed by atoms with van der Waals surface area (Å²) in [5.41, 5.74) is 2.34. The van der Waals surface area contributed by atoms with E-state index < -0.39 is 5.97 Å². The van der Waals surface area contributed by atoms with E-state index in [0.29, 0.717) is 12.1 Å². The second-order valence-corrected chi connectivity index (χ2v) is 6.24. The predicted molar refractivity (Wildman–Crippen MR) is 78.4 cm³/mol. The highest BCUT2D eigenvalue weighted by molar-refractivity contribution is 9.10. The number of hydrogen-bond donors (Lipinski definition) is 1. The summed E-state index contributed by atoms with van der Waals surface area (Å²) in [5.74, 6) is -0.815. The first-order valence-corrected chi connectivity index (χ1v) is 7.39. The zero-order valence-electron chi connectivity index (χ0n) is 10.6. The Kier molecular flexibility index (Phi) is 3.35. The molecule has 2 fully saturated rings. The molecule has 2 aliphatic rings. The van der Waals surface area contributed by atoms with Gasteiger partial charge >= 0.3 is 5.97 Å². The van der Waals surface area contributed by atoms with Crippen molar-refractivity contribution in [1.82, 2.24) is 0 Å². The molecule has 0 spiro atoms. The van der Waals surface area contributed by atoms with Crippen LogP contribution in [0.25, 0.3) is 0 Å². The molecule has 2 unspecified atom stereocenters. The Hall–Kier alpha value is -1.29. The lowest BCUT2D eigenvalue weighted by atomic mass is 9.95. The van der Waals surface area contributed by atoms with E-state index in [0.717, 1.165) is 35.7 Å². The monoisotopic (exact) mass is 321 g/mol. The van der Waals surface area contributed by atoms with Gasteiger partial charge in [-0.05, 0) is 43.9 Å². The Balaban J connectivity index is 1.86. The largest absolute Gasteiger partial charge is 0.478 e. The minimum Gasteiger partial charge on any atom is -0.478 e. The van der Waals surface area contributed by atoms with E-state index in [1.165, 1.54) is 11.8 Å². The van der Waals surface area contributed by atoms with Crippen LogP contribution in [0.5, 0.6) is 0 Å². The van der Waals surface area contributed by atoms with Gasteiger partial charge in [-0.1, -0.05) is 27.6 Å². The van der Waals surface area contributed by atoms with Crippen LogP contribution in [-0.4, -0.2) is 23.2 Å². The van der Waals surface area contributed by atoms with E-state index in [1.54, 1.807) is 0 Å². The number of halogens is 1. The number of nitrogens with zero attached hydrogens (tertiary/aromatic N) is 1. The van der Waals surface area contributed by atoms with E-state index in [9.17, 15) is 4.79 Å². The van der Waals surface area contributed by atoms with Crippen molar-refractivity contribution < 1.29 is 9.90 Å². The lowest BCUT2D eigenvalue weighted by Gasteiger charge is -2.38. The molecule has 2 atom stereocenters. The summed E-state index contributed by atoms with van der Waals surface area (Å²) in [4.78, 5) is 13.3. The molecule has 2 saturated heterocycles. The third-order valence-corrected chi connectivity index (χ3v) is 4.54. The molecule has 0 aromatic heterocycles. The van der Waals surface area contributed by atoms with Gasteiger partial charge in [-0.3, -0.25) is 0 Å². The number of anilines is 1. The second-order valence-electron chi connectivity index (χ2n) is 5.32. The standard InChI is InChI=1S/C15H16BrNO2/c16-11-2-1-3-12(9-11)17-13-4-5-14(17)7-10(6-13)8-15(18)19/h1-3,8-9,13-14H,4-7H2,(H,18,19). The molecule has 1 N–H and O–H groups in total. The van der Waals surface area contributed by atoms with Crippen molar-refractivity contribution in [2.75, 3.05) is 4.90 Å². The molecule has 3 nitrogen and oxygen atoms in total. The highest BCUT2D eigenvalue weighted by Gasteiger charge is 2.38. The van der Waals surface area contributed by atoms with Crippen molar-refractivity contribution in [2.24, 2.45) is 0 Å². The average molecular weight is 322 g/mol. The van der Waals surface area contributed by atoms with Crippen molar-refractivity contribution in [2.45, 2.75) is 37.8 Å². The number of benzene rings is 1. The Morgan fingerprint density at radius 3 is 2.58 bits per heavy atom. The zero-order chi connectivity index (χ0) is 13.4. The van der Waals surface area contributed by atoms with Crippen molar-refractivity contribution in [3.8, 4) is 0 Å². The van der Waals surface area contributed by atoms with E-state index in [2.05, 4.69) is 39.0 Å². The molecule has 2 heterocycles. The third-order valence-electron chi connectivity index (χ3n) is 4.05. The zero-order valence-corrected chi connectivity index (χ0v) is 12.1. The number of aliphatic carboxylic acids is 1. The number of carbonyl (C=O) groups is 1. The normalized spacial score (nSPS) is 25.5. The van der Waals surface area contributed by atoms with Gasteiger partial charge in [0.15, 0.2) is 0 Å². The number of carboxylic acid groups (broad SMARTS) is 1. The van der Waals surface area contributed by atoms with Crippen molar-refractivity contribution in [1.29, 1.82) is 0 Å². The van der Waals surface area contributed by atoms with Crippen molar-refractivity contribution in [3.05, 3.63) is 40.4 Å². The van der Waals surface area contributed by atoms with Crippen LogP contribution in [0.15, 0.2) is 40.4 Å². The molecule has 1 aromatic rings. The summed E-state index contributed by atoms with van der Waals surface area (Å²) < 4.78 is 1.09. The fraction of sp³-hybridized carbons (Fsp3) is 0.400. The molecule has 2 bridgehead atoms. The Morgan fingerprint density at radius 1 is 1.32 bits per heavy atom. The molecule has 19 heavy (non-hydrogen) atoms. The van der Waals surface area contributed by atoms with Gasteiger partial charge in [0, 0.05) is 28.3 Å². The van der Waals surface area contributed by atoms with Crippen LogP contribution in [0.2, 0.25) is 0 Å². The smallest absolute Gasteiger partial charge is 0.328 e. The molecule has 0 saturated carbocycles. The van der Waals surface area contributed by atoms with Gasteiger partial charge in [0.25, 0.3) is 0 Å². The molecule has 2 aliphatic heterocycles. The third kappa shape index (κ3) is 2.54. The molecule has 100 valence electrons. The van der Waals surface area contributed by atoms with Crippen LogP contribution in [0.3, 0.4) is 0 Å². The maximum absolute atomic E-state index is 10.8. The average Bonchev–Trinajstić information content (AvgIpc) is 2.61. The molecule has 0 aliphatic carbocycles. The quantitative estimate of drug-likeness (QED) is 0.846. The number of hydrogen-bond acceptors (Lipinski definition) is 2. The first kappa shape index (κ1) is 12.7. The summed E-state index contributed by atoms with van der Waals surface area (Å²) in [6.07, 6.45) is 5.50. The Morgan fingerprint density at radius 2 is 2.00 bits per heavy atom.